The molecule has 0 atom stereocenters. The molecule has 0 bridgehead atoms. The minimum absolute atomic E-state index is 0.0107. The van der Waals surface area contributed by atoms with Crippen molar-refractivity contribution in [3.8, 4) is 11.3 Å². The van der Waals surface area contributed by atoms with E-state index in [2.05, 4.69) is 5.32 Å². The molecule has 2 aromatic carbocycles. The predicted octanol–water partition coefficient (Wildman–Crippen LogP) is 4.27. The molecule has 0 saturated carbocycles. The van der Waals surface area contributed by atoms with E-state index in [4.69, 9.17) is 28.2 Å². The molecule has 1 aromatic heterocycles. The normalized spacial score (nSPS) is 15.2. The highest BCUT2D eigenvalue weighted by Gasteiger charge is 2.35. The van der Waals surface area contributed by atoms with Gasteiger partial charge in [-0.2, -0.15) is 0 Å². The number of nitrogens with zero attached hydrogens (tertiary/aromatic N) is 1. The summed E-state index contributed by atoms with van der Waals surface area (Å²) in [5.74, 6) is -3.06. The number of rotatable bonds is 4. The van der Waals surface area contributed by atoms with Crippen LogP contribution in [0.25, 0.3) is 17.4 Å². The Kier molecular flexibility index (Phi) is 5.60. The van der Waals surface area contributed by atoms with E-state index >= 15 is 0 Å². The molecule has 3 aromatic rings. The van der Waals surface area contributed by atoms with E-state index in [1.54, 1.807) is 0 Å². The number of aromatic carboxylic acids is 1. The zero-order valence-electron chi connectivity index (χ0n) is 16.0. The number of amides is 2. The van der Waals surface area contributed by atoms with Crippen molar-refractivity contribution in [3.63, 3.8) is 0 Å². The number of furan rings is 1. The Labute approximate surface area is 190 Å². The summed E-state index contributed by atoms with van der Waals surface area (Å²) >= 11 is 11.2. The molecule has 1 aliphatic heterocycles. The van der Waals surface area contributed by atoms with E-state index in [0.717, 1.165) is 4.90 Å². The molecule has 2 amide bonds. The smallest absolute Gasteiger partial charge is 0.335 e. The number of carbonyl (C=O) groups excluding carboxylic acids is 2. The second kappa shape index (κ2) is 8.37. The number of hydrogen-bond donors (Lipinski definition) is 2. The van der Waals surface area contributed by atoms with Crippen LogP contribution in [0.15, 0.2) is 64.6 Å². The van der Waals surface area contributed by atoms with Crippen LogP contribution in [0.1, 0.15) is 16.1 Å². The second-order valence-electron chi connectivity index (χ2n) is 6.61. The number of para-hydroxylation sites is 1. The molecule has 10 heteroatoms. The number of anilines is 1. The van der Waals surface area contributed by atoms with Crippen molar-refractivity contribution >= 4 is 58.5 Å². The maximum absolute atomic E-state index is 14.2. The molecular formula is C22H12ClFN2O5S. The Bertz CT molecular complexity index is 1330. The summed E-state index contributed by atoms with van der Waals surface area (Å²) in [6, 6.07) is 12.6. The maximum atomic E-state index is 14.2. The van der Waals surface area contributed by atoms with E-state index in [0.29, 0.717) is 5.56 Å². The van der Waals surface area contributed by atoms with E-state index in [1.807, 2.05) is 0 Å². The fraction of sp³-hybridized carbons (Fsp3) is 0. The summed E-state index contributed by atoms with van der Waals surface area (Å²) in [5.41, 5.74) is -0.0969. The molecular weight excluding hydrogens is 459 g/mol. The summed E-state index contributed by atoms with van der Waals surface area (Å²) in [6.07, 6.45) is 1.19. The van der Waals surface area contributed by atoms with Crippen LogP contribution in [0.3, 0.4) is 0 Å². The van der Waals surface area contributed by atoms with E-state index < -0.39 is 23.6 Å². The topological polar surface area (TPSA) is 99.9 Å². The minimum atomic E-state index is -1.13. The number of thiocarbonyl (C=S) groups is 1. The summed E-state index contributed by atoms with van der Waals surface area (Å²) in [6.45, 7) is 0. The monoisotopic (exact) mass is 470 g/mol. The first-order valence-electron chi connectivity index (χ1n) is 9.05. The lowest BCUT2D eigenvalue weighted by Gasteiger charge is -2.28. The number of halogens is 2. The Morgan fingerprint density at radius 2 is 1.91 bits per heavy atom. The van der Waals surface area contributed by atoms with Gasteiger partial charge < -0.3 is 9.52 Å². The van der Waals surface area contributed by atoms with Gasteiger partial charge in [0.25, 0.3) is 11.8 Å². The van der Waals surface area contributed by atoms with Gasteiger partial charge in [-0.15, -0.1) is 0 Å². The second-order valence-corrected chi connectivity index (χ2v) is 7.40. The van der Waals surface area contributed by atoms with Crippen LogP contribution in [0.2, 0.25) is 5.02 Å². The van der Waals surface area contributed by atoms with Crippen molar-refractivity contribution in [2.45, 2.75) is 0 Å². The molecule has 1 aliphatic rings. The largest absolute Gasteiger partial charge is 0.478 e. The van der Waals surface area contributed by atoms with Gasteiger partial charge in [0.15, 0.2) is 5.11 Å². The zero-order valence-corrected chi connectivity index (χ0v) is 17.5. The first kappa shape index (κ1) is 21.4. The van der Waals surface area contributed by atoms with Crippen molar-refractivity contribution in [1.29, 1.82) is 0 Å². The number of nitrogens with one attached hydrogen (secondary N) is 1. The fourth-order valence-electron chi connectivity index (χ4n) is 3.07. The lowest BCUT2D eigenvalue weighted by Crippen LogP contribution is -2.54. The van der Waals surface area contributed by atoms with E-state index in [1.165, 1.54) is 60.7 Å². The Morgan fingerprint density at radius 3 is 2.62 bits per heavy atom. The van der Waals surface area contributed by atoms with Crippen molar-refractivity contribution < 1.29 is 28.3 Å². The van der Waals surface area contributed by atoms with Crippen LogP contribution >= 0.6 is 23.8 Å². The van der Waals surface area contributed by atoms with Crippen LogP contribution < -0.4 is 10.2 Å². The third-order valence-electron chi connectivity index (χ3n) is 4.59. The van der Waals surface area contributed by atoms with Gasteiger partial charge in [-0.3, -0.25) is 14.9 Å². The molecule has 0 unspecified atom stereocenters. The fourth-order valence-corrected chi connectivity index (χ4v) is 3.56. The SMILES string of the molecule is O=C1NC(=S)N(c2ccccc2F)C(=O)C1=Cc1ccc(-c2cc(C(=O)O)ccc2Cl)o1. The number of carboxylic acid groups (broad SMARTS) is 1. The molecule has 7 nitrogen and oxygen atoms in total. The molecule has 1 fully saturated rings. The van der Waals surface area contributed by atoms with Gasteiger partial charge in [-0.1, -0.05) is 23.7 Å². The van der Waals surface area contributed by atoms with Crippen LogP contribution in [0.5, 0.6) is 0 Å². The minimum Gasteiger partial charge on any atom is -0.478 e. The van der Waals surface area contributed by atoms with Crippen LogP contribution in [-0.4, -0.2) is 28.0 Å². The number of hydrogen-bond acceptors (Lipinski definition) is 5. The molecule has 2 heterocycles. The van der Waals surface area contributed by atoms with Crippen molar-refractivity contribution in [3.05, 3.63) is 82.3 Å². The van der Waals surface area contributed by atoms with E-state index in [9.17, 15) is 23.9 Å². The number of benzene rings is 2. The number of carbonyl (C=O) groups is 3. The van der Waals surface area contributed by atoms with E-state index in [-0.39, 0.29) is 38.5 Å². The summed E-state index contributed by atoms with van der Waals surface area (Å²) in [7, 11) is 0. The van der Waals surface area contributed by atoms with Crippen LogP contribution in [0.4, 0.5) is 10.1 Å². The van der Waals surface area contributed by atoms with Gasteiger partial charge >= 0.3 is 5.97 Å². The van der Waals surface area contributed by atoms with Crippen molar-refractivity contribution in [1.82, 2.24) is 5.32 Å². The zero-order chi connectivity index (χ0) is 23.0. The molecule has 0 radical (unpaired) electrons. The Morgan fingerprint density at radius 1 is 1.16 bits per heavy atom. The average Bonchev–Trinajstić information content (AvgIpc) is 3.21. The molecule has 0 aliphatic carbocycles. The summed E-state index contributed by atoms with van der Waals surface area (Å²) < 4.78 is 19.9. The highest BCUT2D eigenvalue weighted by atomic mass is 35.5. The van der Waals surface area contributed by atoms with Crippen LogP contribution in [-0.2, 0) is 9.59 Å². The van der Waals surface area contributed by atoms with Gasteiger partial charge in [0, 0.05) is 5.56 Å². The van der Waals surface area contributed by atoms with Crippen LogP contribution in [0, 0.1) is 5.82 Å². The quantitative estimate of drug-likeness (QED) is 0.335. The summed E-state index contributed by atoms with van der Waals surface area (Å²) in [4.78, 5) is 37.5. The molecule has 1 saturated heterocycles. The first-order chi connectivity index (χ1) is 15.3. The third kappa shape index (κ3) is 3.91. The maximum Gasteiger partial charge on any atom is 0.335 e. The lowest BCUT2D eigenvalue weighted by molar-refractivity contribution is -0.122. The van der Waals surface area contributed by atoms with Gasteiger partial charge in [0.2, 0.25) is 0 Å². The third-order valence-corrected chi connectivity index (χ3v) is 5.20. The molecule has 2 N–H and O–H groups in total. The molecule has 160 valence electrons. The predicted molar refractivity (Wildman–Crippen MR) is 119 cm³/mol. The molecule has 0 spiro atoms. The molecule has 4 rings (SSSR count). The van der Waals surface area contributed by atoms with Gasteiger partial charge in [0.1, 0.15) is 22.9 Å². The van der Waals surface area contributed by atoms with Crippen molar-refractivity contribution in [2.24, 2.45) is 0 Å². The summed E-state index contributed by atoms with van der Waals surface area (Å²) in [5, 5.41) is 11.5. The first-order valence-corrected chi connectivity index (χ1v) is 9.84. The average molecular weight is 471 g/mol. The van der Waals surface area contributed by atoms with Gasteiger partial charge in [-0.05, 0) is 60.8 Å². The standard InChI is InChI=1S/C22H12ClFN2O5S/c23-15-7-5-11(21(29)30)9-13(15)18-8-6-12(31-18)10-14-19(27)25-22(32)26(20(14)28)17-4-2-1-3-16(17)24/h1-10H,(H,29,30)(H,25,27,32). The lowest BCUT2D eigenvalue weighted by atomic mass is 10.1. The molecule has 32 heavy (non-hydrogen) atoms. The van der Waals surface area contributed by atoms with Gasteiger partial charge in [-0.25, -0.2) is 14.1 Å². The highest BCUT2D eigenvalue weighted by molar-refractivity contribution is 7.80. The Hall–Kier alpha value is -3.82. The Balaban J connectivity index is 1.71. The van der Waals surface area contributed by atoms with Gasteiger partial charge in [0.05, 0.1) is 16.3 Å². The highest BCUT2D eigenvalue weighted by Crippen LogP contribution is 2.32. The number of carboxylic acids is 1. The van der Waals surface area contributed by atoms with Crippen molar-refractivity contribution in [2.75, 3.05) is 4.90 Å².